The van der Waals surface area contributed by atoms with Gasteiger partial charge in [-0.25, -0.2) is 11.6 Å². The van der Waals surface area contributed by atoms with Crippen LogP contribution in [0.15, 0.2) is 0 Å². The average Bonchev–Trinajstić information content (AvgIpc) is 2.09. The molecule has 66 valence electrons. The van der Waals surface area contributed by atoms with Gasteiger partial charge >= 0.3 is 0 Å². The monoisotopic (exact) mass is 187 g/mol. The molecule has 0 aromatic carbocycles. The second-order valence-electron chi connectivity index (χ2n) is 2.79. The van der Waals surface area contributed by atoms with Crippen molar-refractivity contribution in [2.75, 3.05) is 13.1 Å². The number of aliphatic hydroxyl groups is 2. The molecule has 0 aliphatic carbocycles. The Morgan fingerprint density at radius 2 is 2.17 bits per heavy atom. The van der Waals surface area contributed by atoms with E-state index in [1.807, 2.05) is 0 Å². The van der Waals surface area contributed by atoms with Crippen LogP contribution >= 0.6 is 11.6 Å². The van der Waals surface area contributed by atoms with Gasteiger partial charge in [-0.15, -0.1) is 0 Å². The number of amides is 1. The van der Waals surface area contributed by atoms with Crippen molar-refractivity contribution < 1.29 is 15.0 Å². The van der Waals surface area contributed by atoms with E-state index in [-0.39, 0.29) is 11.8 Å². The summed E-state index contributed by atoms with van der Waals surface area (Å²) in [5.74, 6) is 0. The molecule has 12 heavy (non-hydrogen) atoms. The third-order valence-corrected chi connectivity index (χ3v) is 2.71. The smallest absolute Gasteiger partial charge is 0.209 e. The van der Waals surface area contributed by atoms with E-state index in [4.69, 9.17) is 7.12 Å². The normalized spacial score (nSPS) is 36.5. The number of carbonyl (C=O) groups is 1. The first kappa shape index (κ1) is 9.89. The molecule has 1 aliphatic rings. The third kappa shape index (κ3) is 1.94. The second kappa shape index (κ2) is 4.16. The molecule has 0 aromatic rings. The van der Waals surface area contributed by atoms with Crippen LogP contribution in [0.4, 0.5) is 0 Å². The standard InChI is InChI=1S/C6H10BNO3S/c7-12-5-2-8(3-9)1-4(10)6(5)11/h3-6,10-11H,1-2H2. The fourth-order valence-electron chi connectivity index (χ4n) is 1.22. The van der Waals surface area contributed by atoms with Crippen molar-refractivity contribution in [3.8, 4) is 0 Å². The number of piperidine rings is 1. The summed E-state index contributed by atoms with van der Waals surface area (Å²) in [6, 6.07) is 0. The molecule has 1 heterocycles. The molecule has 6 heteroatoms. The summed E-state index contributed by atoms with van der Waals surface area (Å²) in [7, 11) is 5.28. The fourth-order valence-corrected chi connectivity index (χ4v) is 1.84. The summed E-state index contributed by atoms with van der Waals surface area (Å²) >= 11 is 0.966. The molecule has 2 radical (unpaired) electrons. The van der Waals surface area contributed by atoms with Gasteiger partial charge in [-0.2, -0.15) is 0 Å². The highest BCUT2D eigenvalue weighted by atomic mass is 32.2. The SMILES string of the molecule is [B]SC1CN(C=O)CC(O)C1O. The molecule has 1 aliphatic heterocycles. The van der Waals surface area contributed by atoms with Crippen LogP contribution in [0.25, 0.3) is 0 Å². The third-order valence-electron chi connectivity index (χ3n) is 1.94. The lowest BCUT2D eigenvalue weighted by Gasteiger charge is -2.36. The predicted octanol–water partition coefficient (Wildman–Crippen LogP) is -1.63. The highest BCUT2D eigenvalue weighted by molar-refractivity contribution is 8.20. The second-order valence-corrected chi connectivity index (χ2v) is 3.67. The van der Waals surface area contributed by atoms with Gasteiger partial charge in [-0.05, 0) is 0 Å². The van der Waals surface area contributed by atoms with Gasteiger partial charge in [0.2, 0.25) is 6.41 Å². The molecule has 1 rings (SSSR count). The average molecular weight is 187 g/mol. The minimum Gasteiger partial charge on any atom is -0.389 e. The van der Waals surface area contributed by atoms with E-state index in [1.54, 1.807) is 0 Å². The molecule has 3 atom stereocenters. The van der Waals surface area contributed by atoms with Gasteiger partial charge in [0.25, 0.3) is 0 Å². The molecule has 4 nitrogen and oxygen atoms in total. The first-order valence-corrected chi connectivity index (χ1v) is 4.54. The van der Waals surface area contributed by atoms with E-state index in [2.05, 4.69) is 0 Å². The molecule has 0 bridgehead atoms. The molecule has 2 N–H and O–H groups in total. The molecule has 0 saturated carbocycles. The van der Waals surface area contributed by atoms with Crippen molar-refractivity contribution >= 4 is 25.1 Å². The Bertz CT molecular complexity index is 171. The Kier molecular flexibility index (Phi) is 3.43. The Morgan fingerprint density at radius 1 is 1.50 bits per heavy atom. The van der Waals surface area contributed by atoms with Crippen molar-refractivity contribution in [3.05, 3.63) is 0 Å². The minimum absolute atomic E-state index is 0.182. The zero-order valence-electron chi connectivity index (χ0n) is 6.46. The van der Waals surface area contributed by atoms with Gasteiger partial charge in [0.15, 0.2) is 7.12 Å². The number of β-amino-alcohol motifs (C(OH)–C–C–N with tert-alkyl or cyclic N) is 1. The van der Waals surface area contributed by atoms with Gasteiger partial charge in [0.1, 0.15) is 0 Å². The fraction of sp³-hybridized carbons (Fsp3) is 0.833. The zero-order valence-corrected chi connectivity index (χ0v) is 7.28. The summed E-state index contributed by atoms with van der Waals surface area (Å²) in [5.41, 5.74) is 0. The van der Waals surface area contributed by atoms with Crippen LogP contribution in [-0.4, -0.2) is 59.2 Å². The van der Waals surface area contributed by atoms with Gasteiger partial charge in [-0.3, -0.25) is 4.79 Å². The topological polar surface area (TPSA) is 60.8 Å². The summed E-state index contributed by atoms with van der Waals surface area (Å²) in [6.45, 7) is 0.574. The Balaban J connectivity index is 2.57. The van der Waals surface area contributed by atoms with E-state index >= 15 is 0 Å². The lowest BCUT2D eigenvalue weighted by Crippen LogP contribution is -2.53. The maximum absolute atomic E-state index is 10.4. The van der Waals surface area contributed by atoms with Gasteiger partial charge in [0.05, 0.1) is 12.2 Å². The van der Waals surface area contributed by atoms with Crippen LogP contribution in [0.1, 0.15) is 0 Å². The molecule has 1 fully saturated rings. The van der Waals surface area contributed by atoms with E-state index in [0.717, 1.165) is 11.6 Å². The minimum atomic E-state index is -0.884. The van der Waals surface area contributed by atoms with Crippen LogP contribution in [-0.2, 0) is 4.79 Å². The zero-order chi connectivity index (χ0) is 9.14. The van der Waals surface area contributed by atoms with Crippen molar-refractivity contribution in [2.24, 2.45) is 0 Å². The maximum atomic E-state index is 10.4. The summed E-state index contributed by atoms with van der Waals surface area (Å²) in [6.07, 6.45) is -1.07. The molecule has 1 amide bonds. The molecule has 0 aromatic heterocycles. The first-order valence-electron chi connectivity index (χ1n) is 3.60. The number of aliphatic hydroxyl groups excluding tert-OH is 2. The summed E-state index contributed by atoms with van der Waals surface area (Å²) < 4.78 is 0. The van der Waals surface area contributed by atoms with E-state index in [9.17, 15) is 15.0 Å². The summed E-state index contributed by atoms with van der Waals surface area (Å²) in [5, 5.41) is 18.3. The van der Waals surface area contributed by atoms with Crippen molar-refractivity contribution in [2.45, 2.75) is 17.5 Å². The van der Waals surface area contributed by atoms with Gasteiger partial charge < -0.3 is 15.1 Å². The maximum Gasteiger partial charge on any atom is 0.209 e. The van der Waals surface area contributed by atoms with E-state index < -0.39 is 12.2 Å². The highest BCUT2D eigenvalue weighted by Gasteiger charge is 2.32. The van der Waals surface area contributed by atoms with Gasteiger partial charge in [0, 0.05) is 18.3 Å². The molecule has 3 unspecified atom stereocenters. The number of rotatable bonds is 2. The number of carbonyl (C=O) groups excluding carboxylic acids is 1. The van der Waals surface area contributed by atoms with Crippen LogP contribution in [0.5, 0.6) is 0 Å². The largest absolute Gasteiger partial charge is 0.389 e. The number of nitrogens with zero attached hydrogens (tertiary/aromatic N) is 1. The van der Waals surface area contributed by atoms with Crippen LogP contribution < -0.4 is 0 Å². The van der Waals surface area contributed by atoms with Crippen LogP contribution in [0.2, 0.25) is 0 Å². The lowest BCUT2D eigenvalue weighted by molar-refractivity contribution is -0.124. The van der Waals surface area contributed by atoms with Crippen molar-refractivity contribution in [1.29, 1.82) is 0 Å². The molecular formula is C6H10BNO3S. The van der Waals surface area contributed by atoms with Crippen LogP contribution in [0.3, 0.4) is 0 Å². The number of hydrogen-bond donors (Lipinski definition) is 2. The van der Waals surface area contributed by atoms with Crippen molar-refractivity contribution in [3.63, 3.8) is 0 Å². The number of likely N-dealkylation sites (tertiary alicyclic amines) is 1. The molecular weight excluding hydrogens is 177 g/mol. The number of hydrogen-bond acceptors (Lipinski definition) is 4. The van der Waals surface area contributed by atoms with E-state index in [0.29, 0.717) is 13.0 Å². The summed E-state index contributed by atoms with van der Waals surface area (Å²) in [4.78, 5) is 11.8. The lowest BCUT2D eigenvalue weighted by atomic mass is 10.1. The Hall–Kier alpha value is -0.195. The Morgan fingerprint density at radius 3 is 2.67 bits per heavy atom. The predicted molar refractivity (Wildman–Crippen MR) is 46.8 cm³/mol. The molecule has 1 saturated heterocycles. The highest BCUT2D eigenvalue weighted by Crippen LogP contribution is 2.19. The van der Waals surface area contributed by atoms with E-state index in [1.165, 1.54) is 4.90 Å². The van der Waals surface area contributed by atoms with Crippen molar-refractivity contribution in [1.82, 2.24) is 4.90 Å². The van der Waals surface area contributed by atoms with Gasteiger partial charge in [-0.1, -0.05) is 0 Å². The molecule has 0 spiro atoms. The quantitative estimate of drug-likeness (QED) is 0.402. The first-order chi connectivity index (χ1) is 5.69. The Labute approximate surface area is 76.2 Å². The van der Waals surface area contributed by atoms with Crippen LogP contribution in [0, 0.1) is 0 Å².